The molecule has 0 bridgehead atoms. The van der Waals surface area contributed by atoms with Gasteiger partial charge in [0.2, 0.25) is 11.6 Å². The van der Waals surface area contributed by atoms with Crippen LogP contribution in [0.15, 0.2) is 273 Å². The first-order chi connectivity index (χ1) is 44.5. The Morgan fingerprint density at radius 3 is 1.34 bits per heavy atom. The number of fused-ring (bicyclic) bond motifs is 10. The van der Waals surface area contributed by atoms with Gasteiger partial charge in [0.25, 0.3) is 0 Å². The van der Waals surface area contributed by atoms with Gasteiger partial charge in [-0.1, -0.05) is 170 Å². The van der Waals surface area contributed by atoms with E-state index in [-0.39, 0.29) is 0 Å². The molecule has 10 aromatic carbocycles. The molecule has 13 nitrogen and oxygen atoms in total. The van der Waals surface area contributed by atoms with E-state index in [0.717, 1.165) is 127 Å². The van der Waals surface area contributed by atoms with Crippen molar-refractivity contribution >= 4 is 77.0 Å². The molecule has 0 aliphatic carbocycles. The monoisotopic (exact) mass is 1150 g/mol. The Kier molecular flexibility index (Phi) is 11.6. The van der Waals surface area contributed by atoms with Crippen molar-refractivity contribution in [2.75, 3.05) is 0 Å². The lowest BCUT2D eigenvalue weighted by Crippen LogP contribution is -2.01. The fourth-order valence-corrected chi connectivity index (χ4v) is 12.3. The molecular weight excluding hydrogens is 1110 g/mol. The first-order valence-corrected chi connectivity index (χ1v) is 29.6. The zero-order chi connectivity index (χ0) is 59.2. The Hall–Kier alpha value is -12.6. The van der Waals surface area contributed by atoms with Crippen molar-refractivity contribution in [3.8, 4) is 102 Å². The molecule has 0 saturated carbocycles. The summed E-state index contributed by atoms with van der Waals surface area (Å²) in [5, 5.41) is 6.47. The number of pyridine rings is 2. The zero-order valence-corrected chi connectivity index (χ0v) is 47.8. The molecule has 0 radical (unpaired) electrons. The average Bonchev–Trinajstić information content (AvgIpc) is 1.81. The minimum absolute atomic E-state index is 0.530. The first kappa shape index (κ1) is 50.7. The van der Waals surface area contributed by atoms with E-state index >= 15 is 0 Å². The molecule has 0 fully saturated rings. The van der Waals surface area contributed by atoms with Gasteiger partial charge in [0.15, 0.2) is 23.3 Å². The van der Waals surface area contributed by atoms with Crippen LogP contribution >= 0.6 is 0 Å². The molecule has 0 unspecified atom stereocenters. The lowest BCUT2D eigenvalue weighted by molar-refractivity contribution is 1.07. The summed E-state index contributed by atoms with van der Waals surface area (Å²) in [7, 11) is 0. The van der Waals surface area contributed by atoms with Gasteiger partial charge in [-0.2, -0.15) is 0 Å². The number of rotatable bonds is 9. The molecule has 0 N–H and O–H groups in total. The Labute approximate surface area is 513 Å². The number of para-hydroxylation sites is 5. The molecular formula is C77H45N13. The maximum absolute atomic E-state index is 5.40. The van der Waals surface area contributed by atoms with Crippen LogP contribution in [0.1, 0.15) is 0 Å². The molecule has 0 amide bonds. The van der Waals surface area contributed by atoms with Crippen LogP contribution in [-0.2, 0) is 0 Å². The molecule has 418 valence electrons. The second-order valence-corrected chi connectivity index (χ2v) is 22.4. The van der Waals surface area contributed by atoms with E-state index in [9.17, 15) is 0 Å². The normalized spacial score (nSPS) is 11.8. The quantitative estimate of drug-likeness (QED) is 0.136. The standard InChI is InChI=1S/C77H45N13/c1-3-16-49-39-57(29-27-46(49)13-1)74-86-73(87-75(88-74)58-30-28-47-14-2-4-17-50(47)40-58)56-21-12-19-54(43-56)71-59(45-90-70-26-10-8-24-66(70)84-77(90)85-71)51-32-34-61-53(41-51)33-36-64(79-61)68-44-67(63-35-31-48-15-5-6-22-60(48)78-63)80-72(81-68)55-20-11-18-52(42-55)62-37-38-89-69-25-9-7-23-65(69)83-76(89)82-62/h1-45H. The fourth-order valence-electron chi connectivity index (χ4n) is 12.3. The van der Waals surface area contributed by atoms with Crippen LogP contribution < -0.4 is 0 Å². The van der Waals surface area contributed by atoms with E-state index in [0.29, 0.717) is 51.9 Å². The molecule has 90 heavy (non-hydrogen) atoms. The predicted molar refractivity (Wildman–Crippen MR) is 358 cm³/mol. The van der Waals surface area contributed by atoms with Crippen molar-refractivity contribution in [3.05, 3.63) is 273 Å². The molecule has 13 heteroatoms. The van der Waals surface area contributed by atoms with Gasteiger partial charge in [-0.25, -0.2) is 54.8 Å². The predicted octanol–water partition coefficient (Wildman–Crippen LogP) is 17.5. The number of hydrogen-bond acceptors (Lipinski definition) is 11. The van der Waals surface area contributed by atoms with Crippen molar-refractivity contribution in [2.24, 2.45) is 0 Å². The van der Waals surface area contributed by atoms with Gasteiger partial charge in [-0.05, 0) is 118 Å². The molecule has 8 aromatic heterocycles. The summed E-state index contributed by atoms with van der Waals surface area (Å²) >= 11 is 0. The number of aromatic nitrogens is 13. The van der Waals surface area contributed by atoms with Crippen LogP contribution in [0.2, 0.25) is 0 Å². The highest BCUT2D eigenvalue weighted by molar-refractivity contribution is 5.93. The van der Waals surface area contributed by atoms with Crippen LogP contribution in [0.5, 0.6) is 0 Å². The van der Waals surface area contributed by atoms with Crippen LogP contribution in [0.4, 0.5) is 0 Å². The van der Waals surface area contributed by atoms with Gasteiger partial charge in [-0.15, -0.1) is 0 Å². The molecule has 0 spiro atoms. The van der Waals surface area contributed by atoms with Gasteiger partial charge in [0, 0.05) is 62.1 Å². The lowest BCUT2D eigenvalue weighted by Gasteiger charge is -2.14. The Morgan fingerprint density at radius 1 is 0.222 bits per heavy atom. The summed E-state index contributed by atoms with van der Waals surface area (Å²) in [5.41, 5.74) is 16.7. The number of nitrogens with zero attached hydrogens (tertiary/aromatic N) is 13. The van der Waals surface area contributed by atoms with Gasteiger partial charge in [0.05, 0.1) is 67.3 Å². The summed E-state index contributed by atoms with van der Waals surface area (Å²) in [6.45, 7) is 0. The van der Waals surface area contributed by atoms with Gasteiger partial charge < -0.3 is 0 Å². The van der Waals surface area contributed by atoms with E-state index in [1.54, 1.807) is 0 Å². The average molecular weight is 1150 g/mol. The third kappa shape index (κ3) is 8.91. The topological polar surface area (TPSA) is 151 Å². The maximum Gasteiger partial charge on any atom is 0.235 e. The second-order valence-electron chi connectivity index (χ2n) is 22.4. The highest BCUT2D eigenvalue weighted by Gasteiger charge is 2.21. The van der Waals surface area contributed by atoms with Crippen LogP contribution in [0.25, 0.3) is 179 Å². The largest absolute Gasteiger partial charge is 0.284 e. The molecule has 8 heterocycles. The molecule has 0 saturated heterocycles. The minimum Gasteiger partial charge on any atom is -0.284 e. The molecule has 0 aliphatic rings. The van der Waals surface area contributed by atoms with Crippen LogP contribution in [-0.4, -0.2) is 63.6 Å². The van der Waals surface area contributed by atoms with Crippen molar-refractivity contribution < 1.29 is 0 Å². The van der Waals surface area contributed by atoms with Crippen LogP contribution in [0, 0.1) is 0 Å². The van der Waals surface area contributed by atoms with Crippen molar-refractivity contribution in [2.45, 2.75) is 0 Å². The van der Waals surface area contributed by atoms with E-state index in [4.69, 9.17) is 54.8 Å². The van der Waals surface area contributed by atoms with E-state index in [1.807, 2.05) is 114 Å². The first-order valence-electron chi connectivity index (χ1n) is 29.6. The van der Waals surface area contributed by atoms with Gasteiger partial charge in [0.1, 0.15) is 0 Å². The third-order valence-corrected chi connectivity index (χ3v) is 16.8. The van der Waals surface area contributed by atoms with Crippen molar-refractivity contribution in [3.63, 3.8) is 0 Å². The fraction of sp³-hybridized carbons (Fsp3) is 0. The van der Waals surface area contributed by atoms with E-state index < -0.39 is 0 Å². The summed E-state index contributed by atoms with van der Waals surface area (Å²) in [5.74, 6) is 3.44. The van der Waals surface area contributed by atoms with E-state index in [2.05, 4.69) is 168 Å². The minimum atomic E-state index is 0.530. The number of benzene rings is 10. The number of hydrogen-bond donors (Lipinski definition) is 0. The smallest absolute Gasteiger partial charge is 0.235 e. The highest BCUT2D eigenvalue weighted by Crippen LogP contribution is 2.38. The highest BCUT2D eigenvalue weighted by atomic mass is 15.1. The molecule has 18 aromatic rings. The Balaban J connectivity index is 0.745. The summed E-state index contributed by atoms with van der Waals surface area (Å²) in [4.78, 5) is 56.7. The van der Waals surface area contributed by atoms with E-state index in [1.165, 1.54) is 0 Å². The Bertz CT molecular complexity index is 5870. The number of imidazole rings is 2. The van der Waals surface area contributed by atoms with Crippen molar-refractivity contribution in [1.29, 1.82) is 0 Å². The van der Waals surface area contributed by atoms with Crippen molar-refractivity contribution in [1.82, 2.24) is 63.6 Å². The SMILES string of the molecule is c1cc(-c2ccn3c(n2)nc2ccccc23)cc(-c2nc(-c3ccc4ccccc4n3)cc(-c3ccc4cc(-c5cn6c(nc5-c5cccc(-c7nc(-c8ccc9ccccc9c8)nc(-c8ccc9ccccc9c8)n7)c5)nc5ccccc56)ccc4n3)n2)c1. The summed E-state index contributed by atoms with van der Waals surface area (Å²) in [6, 6.07) is 88.7. The summed E-state index contributed by atoms with van der Waals surface area (Å²) < 4.78 is 4.08. The Morgan fingerprint density at radius 2 is 0.689 bits per heavy atom. The second kappa shape index (κ2) is 20.5. The van der Waals surface area contributed by atoms with Gasteiger partial charge in [-0.3, -0.25) is 8.80 Å². The molecule has 18 rings (SSSR count). The maximum atomic E-state index is 5.40. The lowest BCUT2D eigenvalue weighted by atomic mass is 9.98. The van der Waals surface area contributed by atoms with Crippen LogP contribution in [0.3, 0.4) is 0 Å². The third-order valence-electron chi connectivity index (χ3n) is 16.8. The molecule has 0 aliphatic heterocycles. The summed E-state index contributed by atoms with van der Waals surface area (Å²) in [6.07, 6.45) is 4.17. The molecule has 0 atom stereocenters. The van der Waals surface area contributed by atoms with Gasteiger partial charge >= 0.3 is 0 Å². The zero-order valence-electron chi connectivity index (χ0n) is 47.8.